The molecule has 4 atom stereocenters. The highest BCUT2D eigenvalue weighted by Gasteiger charge is 2.31. The van der Waals surface area contributed by atoms with Crippen molar-refractivity contribution in [1.82, 2.24) is 10.6 Å². The number of ether oxygens (including phenoxy) is 1. The molecule has 4 unspecified atom stereocenters. The van der Waals surface area contributed by atoms with Crippen molar-refractivity contribution in [1.29, 1.82) is 0 Å². The van der Waals surface area contributed by atoms with Crippen LogP contribution in [0.4, 0.5) is 0 Å². The van der Waals surface area contributed by atoms with Gasteiger partial charge < -0.3 is 36.4 Å². The van der Waals surface area contributed by atoms with Crippen LogP contribution in [0.15, 0.2) is 18.2 Å². The monoisotopic (exact) mass is 611 g/mol. The summed E-state index contributed by atoms with van der Waals surface area (Å²) in [6.07, 6.45) is 3.79. The second-order valence-corrected chi connectivity index (χ2v) is 11.9. The number of aromatic hydroxyl groups is 1. The Balaban J connectivity index is 3.00. The predicted octanol–water partition coefficient (Wildman–Crippen LogP) is 2.49. The molecule has 1 aromatic carbocycles. The first-order valence-corrected chi connectivity index (χ1v) is 15.1. The van der Waals surface area contributed by atoms with Gasteiger partial charge in [-0.05, 0) is 36.5 Å². The number of benzene rings is 1. The van der Waals surface area contributed by atoms with Gasteiger partial charge >= 0.3 is 11.9 Å². The zero-order valence-corrected chi connectivity index (χ0v) is 25.6. The Hall–Kier alpha value is -3.32. The Labute approximate surface area is 251 Å². The number of Topliss-reactive ketones (excluding diaryl/α,β-unsaturated/α-hetero) is 1. The number of phenols is 1. The number of amides is 2. The highest BCUT2D eigenvalue weighted by Crippen LogP contribution is 2.28. The minimum absolute atomic E-state index is 0.00954. The average molecular weight is 612 g/mol. The Morgan fingerprint density at radius 1 is 1.02 bits per heavy atom. The van der Waals surface area contributed by atoms with E-state index in [9.17, 15) is 34.2 Å². The number of carbonyl (C=O) groups excluding carboxylic acids is 3. The van der Waals surface area contributed by atoms with Gasteiger partial charge in [-0.25, -0.2) is 4.79 Å². The zero-order chi connectivity index (χ0) is 31.8. The van der Waals surface area contributed by atoms with E-state index in [1.165, 1.54) is 24.9 Å². The third-order valence-corrected chi connectivity index (χ3v) is 8.01. The number of thioether (sulfide) groups is 1. The summed E-state index contributed by atoms with van der Waals surface area (Å²) in [6.45, 7) is 5.32. The van der Waals surface area contributed by atoms with Crippen LogP contribution >= 0.6 is 11.8 Å². The summed E-state index contributed by atoms with van der Waals surface area (Å²) in [5.41, 5.74) is 6.52. The third kappa shape index (κ3) is 13.6. The molecule has 7 N–H and O–H groups in total. The Kier molecular flexibility index (Phi) is 16.6. The molecule has 13 heteroatoms. The molecule has 12 nitrogen and oxygen atoms in total. The van der Waals surface area contributed by atoms with E-state index in [4.69, 9.17) is 15.6 Å². The smallest absolute Gasteiger partial charge is 0.326 e. The van der Waals surface area contributed by atoms with E-state index in [1.807, 2.05) is 0 Å². The SMILES string of the molecule is CCCCCC(CC(=O)CCc1ccc(O)c(OC)c1)SCC(NC(=O)C(N)CC(=O)O)C(=O)NC(C(=O)O)C(C)C. The van der Waals surface area contributed by atoms with Gasteiger partial charge in [0.15, 0.2) is 11.5 Å². The maximum Gasteiger partial charge on any atom is 0.326 e. The van der Waals surface area contributed by atoms with Crippen molar-refractivity contribution in [2.45, 2.75) is 95.5 Å². The summed E-state index contributed by atoms with van der Waals surface area (Å²) in [6, 6.07) is 1.12. The number of methoxy groups -OCH3 is 1. The number of unbranched alkanes of at least 4 members (excludes halogenated alkanes) is 2. The molecule has 0 radical (unpaired) electrons. The lowest BCUT2D eigenvalue weighted by Crippen LogP contribution is -2.56. The van der Waals surface area contributed by atoms with Crippen molar-refractivity contribution in [3.8, 4) is 11.5 Å². The van der Waals surface area contributed by atoms with E-state index in [0.29, 0.717) is 18.6 Å². The molecule has 0 fully saturated rings. The molecule has 236 valence electrons. The molecular formula is C29H45N3O9S. The Morgan fingerprint density at radius 2 is 1.71 bits per heavy atom. The number of nitrogens with two attached hydrogens (primary N) is 1. The Morgan fingerprint density at radius 3 is 2.29 bits per heavy atom. The lowest BCUT2D eigenvalue weighted by atomic mass is 10.0. The molecule has 0 aliphatic heterocycles. The van der Waals surface area contributed by atoms with Gasteiger partial charge in [0.1, 0.15) is 17.9 Å². The van der Waals surface area contributed by atoms with Gasteiger partial charge in [0, 0.05) is 23.8 Å². The van der Waals surface area contributed by atoms with E-state index in [1.54, 1.807) is 26.0 Å². The van der Waals surface area contributed by atoms with Crippen molar-refractivity contribution in [3.05, 3.63) is 23.8 Å². The standard InChI is InChI=1S/C29H45N3O9S/c1-5-6-7-8-20(14-19(33)11-9-18-10-12-23(34)24(13-18)41-4)42-16-22(31-27(37)21(30)15-25(35)36)28(38)32-26(17(2)3)29(39)40/h10,12-13,17,20-22,26,34H,5-9,11,14-16,30H2,1-4H3,(H,31,37)(H,32,38)(H,35,36)(H,39,40). The molecule has 0 aliphatic carbocycles. The molecule has 1 rings (SSSR count). The van der Waals surface area contributed by atoms with Crippen LogP contribution in [0, 0.1) is 5.92 Å². The average Bonchev–Trinajstić information content (AvgIpc) is 2.92. The summed E-state index contributed by atoms with van der Waals surface area (Å²) in [5.74, 6) is -4.15. The number of carboxylic acids is 2. The van der Waals surface area contributed by atoms with Gasteiger partial charge in [0.2, 0.25) is 11.8 Å². The second kappa shape index (κ2) is 19.0. The normalized spacial score (nSPS) is 14.0. The summed E-state index contributed by atoms with van der Waals surface area (Å²) in [4.78, 5) is 61.3. The molecule has 0 saturated heterocycles. The zero-order valence-electron chi connectivity index (χ0n) is 24.8. The van der Waals surface area contributed by atoms with Crippen LogP contribution in [0.1, 0.15) is 71.3 Å². The van der Waals surface area contributed by atoms with Crippen LogP contribution < -0.4 is 21.1 Å². The topological polar surface area (TPSA) is 205 Å². The minimum Gasteiger partial charge on any atom is -0.504 e. The summed E-state index contributed by atoms with van der Waals surface area (Å²) in [5, 5.41) is 33.0. The van der Waals surface area contributed by atoms with Crippen molar-refractivity contribution in [2.75, 3.05) is 12.9 Å². The van der Waals surface area contributed by atoms with Crippen LogP contribution in [0.25, 0.3) is 0 Å². The molecule has 0 bridgehead atoms. The molecular weight excluding hydrogens is 566 g/mol. The van der Waals surface area contributed by atoms with Gasteiger partial charge in [0.25, 0.3) is 0 Å². The van der Waals surface area contributed by atoms with Crippen molar-refractivity contribution >= 4 is 41.3 Å². The van der Waals surface area contributed by atoms with Gasteiger partial charge in [-0.1, -0.05) is 46.1 Å². The largest absolute Gasteiger partial charge is 0.504 e. The molecule has 0 spiro atoms. The molecule has 2 amide bonds. The number of aliphatic carboxylic acids is 2. The molecule has 42 heavy (non-hydrogen) atoms. The molecule has 0 aliphatic rings. The van der Waals surface area contributed by atoms with Crippen LogP contribution in [0.2, 0.25) is 0 Å². The lowest BCUT2D eigenvalue weighted by Gasteiger charge is -2.25. The first-order chi connectivity index (χ1) is 19.8. The predicted molar refractivity (Wildman–Crippen MR) is 160 cm³/mol. The van der Waals surface area contributed by atoms with Crippen molar-refractivity contribution < 1.29 is 44.0 Å². The number of ketones is 1. The number of hydrogen-bond acceptors (Lipinski definition) is 9. The van der Waals surface area contributed by atoms with Crippen LogP contribution in [0.3, 0.4) is 0 Å². The van der Waals surface area contributed by atoms with Crippen molar-refractivity contribution in [2.24, 2.45) is 11.7 Å². The van der Waals surface area contributed by atoms with Gasteiger partial charge in [-0.15, -0.1) is 0 Å². The molecule has 0 saturated carbocycles. The summed E-state index contributed by atoms with van der Waals surface area (Å²) < 4.78 is 5.13. The van der Waals surface area contributed by atoms with E-state index in [0.717, 1.165) is 24.8 Å². The number of rotatable bonds is 21. The van der Waals surface area contributed by atoms with Gasteiger partial charge in [-0.2, -0.15) is 11.8 Å². The maximum atomic E-state index is 13.1. The quantitative estimate of drug-likeness (QED) is 0.111. The van der Waals surface area contributed by atoms with E-state index >= 15 is 0 Å². The van der Waals surface area contributed by atoms with Crippen LogP contribution in [-0.4, -0.2) is 81.1 Å². The molecule has 0 heterocycles. The number of carbonyl (C=O) groups is 5. The van der Waals surface area contributed by atoms with Crippen LogP contribution in [-0.2, 0) is 30.4 Å². The van der Waals surface area contributed by atoms with E-state index in [2.05, 4.69) is 17.6 Å². The van der Waals surface area contributed by atoms with Gasteiger partial charge in [0.05, 0.1) is 19.6 Å². The highest BCUT2D eigenvalue weighted by atomic mass is 32.2. The van der Waals surface area contributed by atoms with E-state index in [-0.39, 0.29) is 35.4 Å². The lowest BCUT2D eigenvalue weighted by molar-refractivity contribution is -0.143. The first kappa shape index (κ1) is 36.7. The summed E-state index contributed by atoms with van der Waals surface area (Å²) >= 11 is 1.32. The number of hydrogen-bond donors (Lipinski definition) is 6. The molecule has 0 aromatic heterocycles. The van der Waals surface area contributed by atoms with Gasteiger partial charge in [-0.3, -0.25) is 19.2 Å². The maximum absolute atomic E-state index is 13.1. The van der Waals surface area contributed by atoms with E-state index < -0.39 is 54.2 Å². The number of nitrogens with one attached hydrogen (secondary N) is 2. The number of aryl methyl sites for hydroxylation is 1. The fourth-order valence-electron chi connectivity index (χ4n) is 4.13. The number of carboxylic acid groups (broad SMARTS) is 2. The number of phenolic OH excluding ortho intramolecular Hbond substituents is 1. The Bertz CT molecular complexity index is 1070. The third-order valence-electron chi connectivity index (χ3n) is 6.61. The minimum atomic E-state index is -1.40. The van der Waals surface area contributed by atoms with Crippen molar-refractivity contribution in [3.63, 3.8) is 0 Å². The first-order valence-electron chi connectivity index (χ1n) is 14.1. The fourth-order valence-corrected chi connectivity index (χ4v) is 5.46. The summed E-state index contributed by atoms with van der Waals surface area (Å²) in [7, 11) is 1.45. The fraction of sp³-hybridized carbons (Fsp3) is 0.621. The molecule has 1 aromatic rings. The van der Waals surface area contributed by atoms with Crippen LogP contribution in [0.5, 0.6) is 11.5 Å². The second-order valence-electron chi connectivity index (χ2n) is 10.5. The highest BCUT2D eigenvalue weighted by molar-refractivity contribution is 8.00.